The highest BCUT2D eigenvalue weighted by atomic mass is 16.3. The molecule has 74 heavy (non-hydrogen) atoms. The average molecular weight is 965 g/mol. The molecule has 0 unspecified atom stereocenters. The third kappa shape index (κ3) is 9.26. The van der Waals surface area contributed by atoms with Crippen molar-refractivity contribution < 1.29 is 4.42 Å². The Balaban J connectivity index is 1.01. The summed E-state index contributed by atoms with van der Waals surface area (Å²) in [5, 5.41) is 6.80. The number of rotatable bonds is 9. The molecule has 10 aromatic carbocycles. The second kappa shape index (κ2) is 18.6. The lowest BCUT2D eigenvalue weighted by Crippen LogP contribution is -2.14. The molecule has 1 heterocycles. The van der Waals surface area contributed by atoms with Crippen molar-refractivity contribution in [1.82, 2.24) is 0 Å². The van der Waals surface area contributed by atoms with Crippen molar-refractivity contribution in [1.29, 1.82) is 0 Å². The Hall–Kier alpha value is -7.88. The van der Waals surface area contributed by atoms with Crippen LogP contribution in [-0.4, -0.2) is 0 Å². The summed E-state index contributed by atoms with van der Waals surface area (Å²) >= 11 is 0. The summed E-state index contributed by atoms with van der Waals surface area (Å²) in [5.41, 5.74) is 18.6. The van der Waals surface area contributed by atoms with Gasteiger partial charge < -0.3 is 14.2 Å². The van der Waals surface area contributed by atoms with Crippen LogP contribution in [0.1, 0.15) is 104 Å². The molecular formula is C71H68N2O. The van der Waals surface area contributed by atoms with Crippen molar-refractivity contribution in [3.8, 4) is 22.3 Å². The van der Waals surface area contributed by atoms with Gasteiger partial charge in [-0.3, -0.25) is 0 Å². The van der Waals surface area contributed by atoms with Gasteiger partial charge in [-0.2, -0.15) is 0 Å². The zero-order valence-electron chi connectivity index (χ0n) is 45.0. The maximum absolute atomic E-state index is 6.88. The Morgan fingerprint density at radius 3 is 1.07 bits per heavy atom. The van der Waals surface area contributed by atoms with Crippen LogP contribution < -0.4 is 9.80 Å². The molecule has 3 nitrogen and oxygen atoms in total. The quantitative estimate of drug-likeness (QED) is 0.144. The van der Waals surface area contributed by atoms with E-state index in [9.17, 15) is 0 Å². The SMILES string of the molecule is CC(C)c1ccc(N(c2ccc3cc4c(cc3c2)oc2cc3cc(N(c5ccc(C(C)(C)C)cc5)c5ccccc5-c5ccc(C(C)(C)C)cc5)ccc3cc24)c2ccccc2-c2ccc(C(C)(C)C)cc2)cc1. The van der Waals surface area contributed by atoms with Crippen LogP contribution in [0, 0.1) is 0 Å². The molecule has 0 spiro atoms. The van der Waals surface area contributed by atoms with Gasteiger partial charge in [-0.25, -0.2) is 0 Å². The lowest BCUT2D eigenvalue weighted by Gasteiger charge is -2.29. The summed E-state index contributed by atoms with van der Waals surface area (Å²) in [4.78, 5) is 4.82. The van der Waals surface area contributed by atoms with E-state index in [2.05, 4.69) is 292 Å². The first-order valence-electron chi connectivity index (χ1n) is 26.4. The number of fused-ring (bicyclic) bond motifs is 5. The van der Waals surface area contributed by atoms with Gasteiger partial charge in [-0.05, 0) is 162 Å². The fourth-order valence-corrected chi connectivity index (χ4v) is 10.6. The van der Waals surface area contributed by atoms with Crippen LogP contribution in [0.15, 0.2) is 211 Å². The molecule has 0 atom stereocenters. The monoisotopic (exact) mass is 965 g/mol. The molecule has 0 saturated heterocycles. The summed E-state index contributed by atoms with van der Waals surface area (Å²) in [5.74, 6) is 0.439. The molecule has 1 aromatic heterocycles. The summed E-state index contributed by atoms with van der Waals surface area (Å²) in [6, 6.07) is 76.8. The third-order valence-corrected chi connectivity index (χ3v) is 15.1. The topological polar surface area (TPSA) is 19.6 Å². The lowest BCUT2D eigenvalue weighted by atomic mass is 9.86. The molecule has 0 aliphatic rings. The van der Waals surface area contributed by atoms with Crippen LogP contribution in [0.3, 0.4) is 0 Å². The maximum Gasteiger partial charge on any atom is 0.136 e. The summed E-state index contributed by atoms with van der Waals surface area (Å²) in [7, 11) is 0. The van der Waals surface area contributed by atoms with Crippen LogP contribution in [0.25, 0.3) is 65.7 Å². The molecule has 11 rings (SSSR count). The van der Waals surface area contributed by atoms with Crippen molar-refractivity contribution in [2.75, 3.05) is 9.80 Å². The fraction of sp³-hybridized carbons (Fsp3) is 0.211. The Morgan fingerprint density at radius 2 is 0.689 bits per heavy atom. The highest BCUT2D eigenvalue weighted by Gasteiger charge is 2.23. The molecule has 3 heteroatoms. The molecule has 0 aliphatic carbocycles. The second-order valence-electron chi connectivity index (χ2n) is 23.8. The minimum absolute atomic E-state index is 0.0392. The number of hydrogen-bond donors (Lipinski definition) is 0. The Bertz CT molecular complexity index is 3840. The van der Waals surface area contributed by atoms with E-state index in [1.807, 2.05) is 0 Å². The number of nitrogens with zero attached hydrogens (tertiary/aromatic N) is 2. The summed E-state index contributed by atoms with van der Waals surface area (Å²) < 4.78 is 6.88. The van der Waals surface area contributed by atoms with Gasteiger partial charge in [-0.15, -0.1) is 0 Å². The molecule has 0 aliphatic heterocycles. The number of anilines is 6. The van der Waals surface area contributed by atoms with Gasteiger partial charge in [0.2, 0.25) is 0 Å². The Morgan fingerprint density at radius 1 is 0.338 bits per heavy atom. The van der Waals surface area contributed by atoms with E-state index < -0.39 is 0 Å². The largest absolute Gasteiger partial charge is 0.456 e. The first-order valence-corrected chi connectivity index (χ1v) is 26.4. The first-order chi connectivity index (χ1) is 35.4. The Labute approximate surface area is 438 Å². The van der Waals surface area contributed by atoms with Gasteiger partial charge in [0.15, 0.2) is 0 Å². The van der Waals surface area contributed by atoms with Crippen LogP contribution in [0.4, 0.5) is 34.1 Å². The normalized spacial score (nSPS) is 12.4. The van der Waals surface area contributed by atoms with Gasteiger partial charge in [0.05, 0.1) is 11.4 Å². The smallest absolute Gasteiger partial charge is 0.136 e. The van der Waals surface area contributed by atoms with Crippen LogP contribution >= 0.6 is 0 Å². The maximum atomic E-state index is 6.88. The zero-order chi connectivity index (χ0) is 51.7. The van der Waals surface area contributed by atoms with Crippen molar-refractivity contribution in [2.24, 2.45) is 0 Å². The van der Waals surface area contributed by atoms with Crippen molar-refractivity contribution in [2.45, 2.75) is 98.3 Å². The van der Waals surface area contributed by atoms with Gasteiger partial charge in [0.1, 0.15) is 11.2 Å². The van der Waals surface area contributed by atoms with E-state index in [4.69, 9.17) is 4.42 Å². The number of para-hydroxylation sites is 2. The molecule has 0 amide bonds. The third-order valence-electron chi connectivity index (χ3n) is 15.1. The van der Waals surface area contributed by atoms with Gasteiger partial charge >= 0.3 is 0 Å². The van der Waals surface area contributed by atoms with E-state index in [1.165, 1.54) is 55.3 Å². The summed E-state index contributed by atoms with van der Waals surface area (Å²) in [6.45, 7) is 24.9. The standard InChI is InChI=1S/C71H68N2O/c1-46(2)47-24-34-57(35-25-47)72(65-18-14-12-16-61(65)48-20-28-54(29-21-48)69(3,4)5)59-36-26-50-42-63-64-43-51-27-37-60(41-53(51)45-68(64)74-67(63)44-52(50)40-59)73(58-38-32-56(33-39-58)71(9,10)11)66-19-15-13-17-62(66)49-22-30-55(31-23-49)70(6,7)8/h12-46H,1-11H3. The van der Waals surface area contributed by atoms with Crippen LogP contribution in [0.2, 0.25) is 0 Å². The van der Waals surface area contributed by atoms with E-state index >= 15 is 0 Å². The molecule has 368 valence electrons. The molecule has 0 bridgehead atoms. The van der Waals surface area contributed by atoms with Crippen molar-refractivity contribution in [3.63, 3.8) is 0 Å². The number of hydrogen-bond acceptors (Lipinski definition) is 3. The van der Waals surface area contributed by atoms with E-state index in [0.717, 1.165) is 66.8 Å². The fourth-order valence-electron chi connectivity index (χ4n) is 10.6. The summed E-state index contributed by atoms with van der Waals surface area (Å²) in [6.07, 6.45) is 0. The molecule has 11 aromatic rings. The number of benzene rings is 10. The molecule has 0 radical (unpaired) electrons. The minimum atomic E-state index is 0.0392. The predicted octanol–water partition coefficient (Wildman–Crippen LogP) is 21.2. The molecule has 0 fully saturated rings. The average Bonchev–Trinajstić information content (AvgIpc) is 3.73. The van der Waals surface area contributed by atoms with E-state index in [1.54, 1.807) is 0 Å². The second-order valence-corrected chi connectivity index (χ2v) is 23.8. The number of furan rings is 1. The van der Waals surface area contributed by atoms with Crippen LogP contribution in [-0.2, 0) is 16.2 Å². The van der Waals surface area contributed by atoms with Gasteiger partial charge in [-0.1, -0.05) is 197 Å². The molecule has 0 N–H and O–H groups in total. The Kier molecular flexibility index (Phi) is 12.1. The van der Waals surface area contributed by atoms with Crippen molar-refractivity contribution >= 4 is 77.6 Å². The van der Waals surface area contributed by atoms with Crippen molar-refractivity contribution in [3.05, 3.63) is 229 Å². The highest BCUT2D eigenvalue weighted by molar-refractivity contribution is 6.14. The zero-order valence-corrected chi connectivity index (χ0v) is 45.0. The van der Waals surface area contributed by atoms with Gasteiger partial charge in [0.25, 0.3) is 0 Å². The minimum Gasteiger partial charge on any atom is -0.456 e. The molecular weight excluding hydrogens is 897 g/mol. The highest BCUT2D eigenvalue weighted by Crippen LogP contribution is 2.46. The van der Waals surface area contributed by atoms with Crippen LogP contribution in [0.5, 0.6) is 0 Å². The first kappa shape index (κ1) is 48.4. The lowest BCUT2D eigenvalue weighted by molar-refractivity contribution is 0.590. The predicted molar refractivity (Wildman–Crippen MR) is 319 cm³/mol. The van der Waals surface area contributed by atoms with E-state index in [-0.39, 0.29) is 16.2 Å². The van der Waals surface area contributed by atoms with E-state index in [0.29, 0.717) is 5.92 Å². The van der Waals surface area contributed by atoms with Gasteiger partial charge in [0, 0.05) is 44.6 Å². The molecule has 0 saturated carbocycles.